The van der Waals surface area contributed by atoms with Crippen molar-refractivity contribution < 1.29 is 9.53 Å². The van der Waals surface area contributed by atoms with Crippen molar-refractivity contribution in [3.63, 3.8) is 0 Å². The van der Waals surface area contributed by atoms with Gasteiger partial charge in [-0.3, -0.25) is 0 Å². The molecule has 1 fully saturated rings. The monoisotopic (exact) mass is 343 g/mol. The molecule has 25 heavy (non-hydrogen) atoms. The third kappa shape index (κ3) is 5.23. The van der Waals surface area contributed by atoms with Crippen molar-refractivity contribution in [1.29, 1.82) is 0 Å². The second-order valence-corrected chi connectivity index (χ2v) is 7.83. The Morgan fingerprint density at radius 3 is 2.84 bits per heavy atom. The normalized spacial score (nSPS) is 14.7. The van der Waals surface area contributed by atoms with Gasteiger partial charge in [0.2, 0.25) is 0 Å². The zero-order chi connectivity index (χ0) is 17.9. The Bertz CT molecular complexity index is 713. The van der Waals surface area contributed by atoms with E-state index in [1.54, 1.807) is 0 Å². The third-order valence-corrected chi connectivity index (χ3v) is 4.32. The van der Waals surface area contributed by atoms with Crippen LogP contribution in [0.15, 0.2) is 30.5 Å². The predicted molar refractivity (Wildman–Crippen MR) is 101 cm³/mol. The summed E-state index contributed by atoms with van der Waals surface area (Å²) in [5, 5.41) is 4.71. The molecule has 0 spiro atoms. The van der Waals surface area contributed by atoms with Crippen molar-refractivity contribution in [3.8, 4) is 0 Å². The molecule has 1 aliphatic carbocycles. The van der Waals surface area contributed by atoms with Crippen molar-refractivity contribution in [3.05, 3.63) is 36.0 Å². The van der Waals surface area contributed by atoms with Gasteiger partial charge in [-0.15, -0.1) is 0 Å². The van der Waals surface area contributed by atoms with Crippen LogP contribution in [0.5, 0.6) is 0 Å². The van der Waals surface area contributed by atoms with E-state index in [1.807, 2.05) is 31.9 Å². The van der Waals surface area contributed by atoms with Crippen LogP contribution >= 0.6 is 0 Å². The molecular formula is C20H29N3O2. The third-order valence-electron chi connectivity index (χ3n) is 4.32. The van der Waals surface area contributed by atoms with Crippen LogP contribution in [-0.4, -0.2) is 40.7 Å². The van der Waals surface area contributed by atoms with E-state index in [-0.39, 0.29) is 6.09 Å². The van der Waals surface area contributed by atoms with Gasteiger partial charge in [-0.2, -0.15) is 0 Å². The molecule has 136 valence electrons. The minimum atomic E-state index is -0.431. The van der Waals surface area contributed by atoms with Crippen molar-refractivity contribution in [2.24, 2.45) is 0 Å². The summed E-state index contributed by atoms with van der Waals surface area (Å²) in [6.45, 7) is 8.23. The minimum absolute atomic E-state index is 0.173. The molecule has 0 saturated heterocycles. The second-order valence-electron chi connectivity index (χ2n) is 7.83. The van der Waals surface area contributed by atoms with Gasteiger partial charge in [0.1, 0.15) is 5.60 Å². The summed E-state index contributed by atoms with van der Waals surface area (Å²) < 4.78 is 5.52. The number of amides is 1. The van der Waals surface area contributed by atoms with Crippen LogP contribution in [0.2, 0.25) is 0 Å². The van der Waals surface area contributed by atoms with E-state index >= 15 is 0 Å². The molecule has 2 N–H and O–H groups in total. The summed E-state index contributed by atoms with van der Waals surface area (Å²) >= 11 is 0. The summed E-state index contributed by atoms with van der Waals surface area (Å²) in [5.74, 6) is 0. The lowest BCUT2D eigenvalue weighted by molar-refractivity contribution is 0.0232. The number of aromatic nitrogens is 1. The fraction of sp³-hybridized carbons (Fsp3) is 0.550. The van der Waals surface area contributed by atoms with E-state index in [0.29, 0.717) is 6.04 Å². The second kappa shape index (κ2) is 7.48. The van der Waals surface area contributed by atoms with E-state index in [0.717, 1.165) is 38.9 Å². The zero-order valence-electron chi connectivity index (χ0n) is 15.5. The average Bonchev–Trinajstić information content (AvgIpc) is 3.25. The first-order valence-electron chi connectivity index (χ1n) is 9.19. The summed E-state index contributed by atoms with van der Waals surface area (Å²) in [6.07, 6.45) is 4.92. The predicted octanol–water partition coefficient (Wildman–Crippen LogP) is 4.05. The highest BCUT2D eigenvalue weighted by atomic mass is 16.6. The maximum Gasteiger partial charge on any atom is 0.410 e. The molecule has 0 unspecified atom stereocenters. The van der Waals surface area contributed by atoms with E-state index in [1.165, 1.54) is 16.5 Å². The van der Waals surface area contributed by atoms with E-state index in [4.69, 9.17) is 4.74 Å². The maximum absolute atomic E-state index is 12.3. The van der Waals surface area contributed by atoms with Crippen molar-refractivity contribution in [2.75, 3.05) is 13.1 Å². The van der Waals surface area contributed by atoms with Crippen LogP contribution in [0, 0.1) is 0 Å². The van der Waals surface area contributed by atoms with E-state index in [9.17, 15) is 4.79 Å². The average molecular weight is 343 g/mol. The Labute approximate surface area is 149 Å². The lowest BCUT2D eigenvalue weighted by Gasteiger charge is -2.27. The largest absolute Gasteiger partial charge is 0.444 e. The smallest absolute Gasteiger partial charge is 0.410 e. The molecule has 0 radical (unpaired) electrons. The number of nitrogens with zero attached hydrogens (tertiary/aromatic N) is 1. The van der Waals surface area contributed by atoms with Gasteiger partial charge in [-0.1, -0.05) is 6.07 Å². The van der Waals surface area contributed by atoms with Gasteiger partial charge in [-0.25, -0.2) is 4.79 Å². The van der Waals surface area contributed by atoms with E-state index in [2.05, 4.69) is 34.6 Å². The van der Waals surface area contributed by atoms with Crippen LogP contribution in [0.3, 0.4) is 0 Å². The van der Waals surface area contributed by atoms with Gasteiger partial charge in [0.05, 0.1) is 0 Å². The molecule has 2 aromatic rings. The molecule has 1 amide bonds. The van der Waals surface area contributed by atoms with Gasteiger partial charge >= 0.3 is 6.09 Å². The Hall–Kier alpha value is -2.01. The number of hydrogen-bond acceptors (Lipinski definition) is 3. The van der Waals surface area contributed by atoms with Crippen molar-refractivity contribution in [2.45, 2.75) is 58.2 Å². The molecule has 1 aromatic carbocycles. The van der Waals surface area contributed by atoms with Crippen LogP contribution in [0.25, 0.3) is 10.9 Å². The van der Waals surface area contributed by atoms with Gasteiger partial charge in [0.15, 0.2) is 0 Å². The SMILES string of the molecule is CC(C)(C)OC(=O)N(CCCNCc1ccc2[nH]ccc2c1)C1CC1. The van der Waals surface area contributed by atoms with Gasteiger partial charge in [-0.05, 0) is 75.7 Å². The van der Waals surface area contributed by atoms with Gasteiger partial charge in [0.25, 0.3) is 0 Å². The highest BCUT2D eigenvalue weighted by Crippen LogP contribution is 2.28. The number of carbonyl (C=O) groups excluding carboxylic acids is 1. The highest BCUT2D eigenvalue weighted by Gasteiger charge is 2.34. The molecule has 1 saturated carbocycles. The number of carbonyl (C=O) groups is 1. The molecule has 0 bridgehead atoms. The molecule has 0 atom stereocenters. The molecule has 0 aliphatic heterocycles. The van der Waals surface area contributed by atoms with Crippen LogP contribution in [-0.2, 0) is 11.3 Å². The molecule has 5 heteroatoms. The number of nitrogens with one attached hydrogen (secondary N) is 2. The standard InChI is InChI=1S/C20H29N3O2/c1-20(2,3)25-19(24)23(17-6-7-17)12-4-10-21-14-15-5-8-18-16(13-15)9-11-22-18/h5,8-9,11,13,17,21-22H,4,6-7,10,12,14H2,1-3H3. The lowest BCUT2D eigenvalue weighted by Crippen LogP contribution is -2.39. The molecule has 1 heterocycles. The van der Waals surface area contributed by atoms with Gasteiger partial charge < -0.3 is 19.9 Å². The highest BCUT2D eigenvalue weighted by molar-refractivity contribution is 5.79. The van der Waals surface area contributed by atoms with Crippen LogP contribution in [0.1, 0.15) is 45.6 Å². The summed E-state index contributed by atoms with van der Waals surface area (Å²) in [5.41, 5.74) is 2.01. The summed E-state index contributed by atoms with van der Waals surface area (Å²) in [7, 11) is 0. The zero-order valence-corrected chi connectivity index (χ0v) is 15.5. The summed E-state index contributed by atoms with van der Waals surface area (Å²) in [4.78, 5) is 17.4. The van der Waals surface area contributed by atoms with Crippen molar-refractivity contribution in [1.82, 2.24) is 15.2 Å². The van der Waals surface area contributed by atoms with Crippen LogP contribution < -0.4 is 5.32 Å². The number of fused-ring (bicyclic) bond motifs is 1. The first kappa shape index (κ1) is 17.8. The Kier molecular flexibility index (Phi) is 5.33. The molecule has 5 nitrogen and oxygen atoms in total. The Morgan fingerprint density at radius 2 is 2.12 bits per heavy atom. The molecule has 1 aliphatic rings. The number of H-pyrrole nitrogens is 1. The number of benzene rings is 1. The van der Waals surface area contributed by atoms with Crippen LogP contribution in [0.4, 0.5) is 4.79 Å². The quantitative estimate of drug-likeness (QED) is 0.746. The first-order chi connectivity index (χ1) is 11.9. The van der Waals surface area contributed by atoms with Crippen molar-refractivity contribution >= 4 is 17.0 Å². The van der Waals surface area contributed by atoms with Gasteiger partial charge in [0, 0.05) is 30.8 Å². The number of aromatic amines is 1. The first-order valence-corrected chi connectivity index (χ1v) is 9.19. The number of ether oxygens (including phenoxy) is 1. The molecule has 1 aromatic heterocycles. The minimum Gasteiger partial charge on any atom is -0.444 e. The Morgan fingerprint density at radius 1 is 1.32 bits per heavy atom. The number of rotatable bonds is 7. The van der Waals surface area contributed by atoms with E-state index < -0.39 is 5.60 Å². The fourth-order valence-corrected chi connectivity index (χ4v) is 2.95. The molecular weight excluding hydrogens is 314 g/mol. The maximum atomic E-state index is 12.3. The topological polar surface area (TPSA) is 57.4 Å². The summed E-state index contributed by atoms with van der Waals surface area (Å²) in [6, 6.07) is 8.93. The fourth-order valence-electron chi connectivity index (χ4n) is 2.95. The lowest BCUT2D eigenvalue weighted by atomic mass is 10.1. The number of hydrogen-bond donors (Lipinski definition) is 2. The molecule has 3 rings (SSSR count). The Balaban J connectivity index is 1.41.